The maximum absolute atomic E-state index is 12.0. The molecule has 1 fully saturated rings. The van der Waals surface area contributed by atoms with Crippen molar-refractivity contribution in [3.05, 3.63) is 35.9 Å². The Labute approximate surface area is 144 Å². The van der Waals surface area contributed by atoms with Gasteiger partial charge in [0.25, 0.3) is 0 Å². The van der Waals surface area contributed by atoms with Crippen LogP contribution in [0.2, 0.25) is 0 Å². The van der Waals surface area contributed by atoms with Gasteiger partial charge in [-0.15, -0.1) is 12.4 Å². The van der Waals surface area contributed by atoms with Gasteiger partial charge in [-0.25, -0.2) is 8.42 Å². The molecule has 1 aliphatic rings. The molecule has 130 valence electrons. The second-order valence-electron chi connectivity index (χ2n) is 5.72. The molecule has 0 aromatic heterocycles. The highest BCUT2D eigenvalue weighted by Gasteiger charge is 2.20. The van der Waals surface area contributed by atoms with E-state index in [1.807, 2.05) is 30.3 Å². The molecule has 1 atom stereocenters. The van der Waals surface area contributed by atoms with E-state index in [1.165, 1.54) is 0 Å². The molecule has 1 aliphatic heterocycles. The minimum Gasteiger partial charge on any atom is -0.355 e. The second kappa shape index (κ2) is 9.90. The van der Waals surface area contributed by atoms with Crippen LogP contribution in [0.1, 0.15) is 31.2 Å². The van der Waals surface area contributed by atoms with Gasteiger partial charge in [0.15, 0.2) is 9.84 Å². The van der Waals surface area contributed by atoms with Crippen molar-refractivity contribution in [2.45, 2.75) is 37.5 Å². The van der Waals surface area contributed by atoms with Crippen LogP contribution in [-0.2, 0) is 20.4 Å². The number of hydrogen-bond donors (Lipinski definition) is 2. The van der Waals surface area contributed by atoms with E-state index in [1.54, 1.807) is 0 Å². The monoisotopic (exact) mass is 360 g/mol. The van der Waals surface area contributed by atoms with Crippen LogP contribution in [0.15, 0.2) is 30.3 Å². The van der Waals surface area contributed by atoms with Crippen LogP contribution in [0, 0.1) is 0 Å². The molecular formula is C16H25ClN2O3S. The number of rotatable bonds is 7. The third-order valence-corrected chi connectivity index (χ3v) is 5.47. The summed E-state index contributed by atoms with van der Waals surface area (Å²) in [6.07, 6.45) is 3.49. The van der Waals surface area contributed by atoms with Gasteiger partial charge in [0.05, 0.1) is 17.5 Å². The van der Waals surface area contributed by atoms with Gasteiger partial charge in [-0.3, -0.25) is 4.79 Å². The van der Waals surface area contributed by atoms with Crippen LogP contribution in [0.4, 0.5) is 0 Å². The predicted molar refractivity (Wildman–Crippen MR) is 94.4 cm³/mol. The van der Waals surface area contributed by atoms with Gasteiger partial charge in [0.1, 0.15) is 0 Å². The number of carbonyl (C=O) groups excluding carboxylic acids is 1. The fourth-order valence-electron chi connectivity index (χ4n) is 2.60. The van der Waals surface area contributed by atoms with Gasteiger partial charge in [-0.05, 0) is 31.4 Å². The van der Waals surface area contributed by atoms with Gasteiger partial charge in [-0.1, -0.05) is 36.8 Å². The van der Waals surface area contributed by atoms with Crippen molar-refractivity contribution in [2.75, 3.05) is 18.8 Å². The van der Waals surface area contributed by atoms with E-state index < -0.39 is 9.84 Å². The largest absolute Gasteiger partial charge is 0.355 e. The first-order valence-electron chi connectivity index (χ1n) is 7.82. The number of sulfone groups is 1. The number of piperidine rings is 1. The van der Waals surface area contributed by atoms with E-state index in [4.69, 9.17) is 0 Å². The normalized spacial score (nSPS) is 18.0. The topological polar surface area (TPSA) is 75.3 Å². The highest BCUT2D eigenvalue weighted by atomic mass is 35.5. The quantitative estimate of drug-likeness (QED) is 0.725. The number of halogens is 1. The van der Waals surface area contributed by atoms with Gasteiger partial charge in [-0.2, -0.15) is 0 Å². The summed E-state index contributed by atoms with van der Waals surface area (Å²) in [4.78, 5) is 11.9. The van der Waals surface area contributed by atoms with E-state index in [9.17, 15) is 13.2 Å². The SMILES string of the molecule is Cl.O=C(NCCCS(=O)(=O)Cc1ccccc1)C1CCCCN1. The number of hydrogen-bond acceptors (Lipinski definition) is 4. The lowest BCUT2D eigenvalue weighted by atomic mass is 10.0. The first kappa shape index (κ1) is 19.9. The van der Waals surface area contributed by atoms with E-state index in [0.717, 1.165) is 31.4 Å². The van der Waals surface area contributed by atoms with Crippen molar-refractivity contribution in [3.63, 3.8) is 0 Å². The van der Waals surface area contributed by atoms with E-state index in [0.29, 0.717) is 13.0 Å². The van der Waals surface area contributed by atoms with Crippen LogP contribution in [0.3, 0.4) is 0 Å². The van der Waals surface area contributed by atoms with Crippen LogP contribution < -0.4 is 10.6 Å². The van der Waals surface area contributed by atoms with Gasteiger partial charge in [0, 0.05) is 6.54 Å². The molecule has 5 nitrogen and oxygen atoms in total. The number of amides is 1. The van der Waals surface area contributed by atoms with Crippen molar-refractivity contribution in [3.8, 4) is 0 Å². The molecule has 1 saturated heterocycles. The van der Waals surface area contributed by atoms with Crippen molar-refractivity contribution in [1.82, 2.24) is 10.6 Å². The van der Waals surface area contributed by atoms with E-state index >= 15 is 0 Å². The lowest BCUT2D eigenvalue weighted by Crippen LogP contribution is -2.46. The maximum atomic E-state index is 12.0. The molecule has 1 aromatic rings. The van der Waals surface area contributed by atoms with Crippen LogP contribution in [0.25, 0.3) is 0 Å². The summed E-state index contributed by atoms with van der Waals surface area (Å²) >= 11 is 0. The summed E-state index contributed by atoms with van der Waals surface area (Å²) in [6, 6.07) is 9.05. The Morgan fingerprint density at radius 3 is 2.61 bits per heavy atom. The Morgan fingerprint density at radius 1 is 1.22 bits per heavy atom. The summed E-state index contributed by atoms with van der Waals surface area (Å²) in [7, 11) is -3.12. The van der Waals surface area contributed by atoms with Crippen molar-refractivity contribution < 1.29 is 13.2 Å². The molecule has 23 heavy (non-hydrogen) atoms. The zero-order chi connectivity index (χ0) is 15.8. The van der Waals surface area contributed by atoms with Crippen LogP contribution in [-0.4, -0.2) is 39.2 Å². The van der Waals surface area contributed by atoms with Gasteiger partial charge >= 0.3 is 0 Å². The fourth-order valence-corrected chi connectivity index (χ4v) is 4.03. The van der Waals surface area contributed by atoms with Crippen LogP contribution in [0.5, 0.6) is 0 Å². The summed E-state index contributed by atoms with van der Waals surface area (Å²) in [5.74, 6) is 0.145. The average molecular weight is 361 g/mol. The zero-order valence-electron chi connectivity index (χ0n) is 13.2. The molecular weight excluding hydrogens is 336 g/mol. The van der Waals surface area contributed by atoms with Gasteiger partial charge in [0.2, 0.25) is 5.91 Å². The third-order valence-electron chi connectivity index (χ3n) is 3.79. The lowest BCUT2D eigenvalue weighted by Gasteiger charge is -2.22. The Balaban J connectivity index is 0.00000264. The molecule has 1 aromatic carbocycles. The number of benzene rings is 1. The Hall–Kier alpha value is -1.11. The third kappa shape index (κ3) is 7.33. The highest BCUT2D eigenvalue weighted by molar-refractivity contribution is 7.90. The Morgan fingerprint density at radius 2 is 1.96 bits per heavy atom. The second-order valence-corrected chi connectivity index (χ2v) is 7.91. The standard InChI is InChI=1S/C16H24N2O3S.ClH/c19-16(15-9-4-5-10-17-15)18-11-6-12-22(20,21)13-14-7-2-1-3-8-14;/h1-3,7-8,15,17H,4-6,9-13H2,(H,18,19);1H. The Bertz CT molecular complexity index is 572. The summed E-state index contributed by atoms with van der Waals surface area (Å²) in [5.41, 5.74) is 0.804. The van der Waals surface area contributed by atoms with Crippen LogP contribution >= 0.6 is 12.4 Å². The maximum Gasteiger partial charge on any atom is 0.237 e. The average Bonchev–Trinajstić information content (AvgIpc) is 2.53. The molecule has 1 unspecified atom stereocenters. The molecule has 0 spiro atoms. The van der Waals surface area contributed by atoms with E-state index in [2.05, 4.69) is 10.6 Å². The van der Waals surface area contributed by atoms with Crippen molar-refractivity contribution >= 4 is 28.2 Å². The van der Waals surface area contributed by atoms with Crippen molar-refractivity contribution in [2.24, 2.45) is 0 Å². The molecule has 0 aliphatic carbocycles. The molecule has 1 amide bonds. The van der Waals surface area contributed by atoms with Crippen molar-refractivity contribution in [1.29, 1.82) is 0 Å². The summed E-state index contributed by atoms with van der Waals surface area (Å²) < 4.78 is 24.0. The first-order valence-corrected chi connectivity index (χ1v) is 9.64. The lowest BCUT2D eigenvalue weighted by molar-refractivity contribution is -0.123. The number of nitrogens with one attached hydrogen (secondary N) is 2. The van der Waals surface area contributed by atoms with Gasteiger partial charge < -0.3 is 10.6 Å². The molecule has 0 bridgehead atoms. The fraction of sp³-hybridized carbons (Fsp3) is 0.562. The molecule has 7 heteroatoms. The molecule has 0 saturated carbocycles. The molecule has 2 rings (SSSR count). The summed E-state index contributed by atoms with van der Waals surface area (Å²) in [5, 5.41) is 6.00. The van der Waals surface area contributed by atoms with E-state index in [-0.39, 0.29) is 35.9 Å². The predicted octanol–water partition coefficient (Wildman–Crippen LogP) is 1.67. The minimum atomic E-state index is -3.12. The number of carbonyl (C=O) groups is 1. The molecule has 2 N–H and O–H groups in total. The molecule has 1 heterocycles. The first-order chi connectivity index (χ1) is 10.6. The smallest absolute Gasteiger partial charge is 0.237 e. The summed E-state index contributed by atoms with van der Waals surface area (Å²) in [6.45, 7) is 1.29. The Kier molecular flexibility index (Phi) is 8.58. The highest BCUT2D eigenvalue weighted by Crippen LogP contribution is 2.08. The minimum absolute atomic E-state index is 0. The zero-order valence-corrected chi connectivity index (χ0v) is 14.8. The molecule has 0 radical (unpaired) electrons.